The molecule has 1 aliphatic carbocycles. The van der Waals surface area contributed by atoms with Crippen molar-refractivity contribution in [1.29, 1.82) is 0 Å². The summed E-state index contributed by atoms with van der Waals surface area (Å²) in [7, 11) is 3.59. The number of aromatic nitrogens is 2. The van der Waals surface area contributed by atoms with Crippen LogP contribution < -0.4 is 5.32 Å². The highest BCUT2D eigenvalue weighted by molar-refractivity contribution is 5.95. The highest BCUT2D eigenvalue weighted by Gasteiger charge is 2.42. The third kappa shape index (κ3) is 3.49. The van der Waals surface area contributed by atoms with Crippen molar-refractivity contribution in [3.63, 3.8) is 0 Å². The molecule has 2 fully saturated rings. The van der Waals surface area contributed by atoms with Crippen LogP contribution in [0.5, 0.6) is 0 Å². The van der Waals surface area contributed by atoms with Crippen molar-refractivity contribution < 1.29 is 19.0 Å². The van der Waals surface area contributed by atoms with Gasteiger partial charge in [-0.3, -0.25) is 14.4 Å². The van der Waals surface area contributed by atoms with E-state index in [9.17, 15) is 14.4 Å². The first kappa shape index (κ1) is 17.4. The topological polar surface area (TPSA) is 109 Å². The number of rotatable bonds is 4. The van der Waals surface area contributed by atoms with Crippen LogP contribution in [0.2, 0.25) is 0 Å². The Labute approximate surface area is 145 Å². The van der Waals surface area contributed by atoms with Gasteiger partial charge in [-0.2, -0.15) is 0 Å². The van der Waals surface area contributed by atoms with Gasteiger partial charge >= 0.3 is 0 Å². The number of amides is 3. The number of fused-ring (bicyclic) bond motifs is 1. The van der Waals surface area contributed by atoms with E-state index in [1.807, 2.05) is 7.05 Å². The standard InChI is InChI=1S/C16H23N5O4/c1-9-15(19-25-18-9)16(24)17-7-14(23)21(3)12-4-10-6-13(22)20(2)8-11(10)5-12/h10-12H,4-8H2,1-3H3,(H,17,24)/t10-,11+,12-/m1/s1. The molecule has 1 aliphatic heterocycles. The Kier molecular flexibility index (Phi) is 4.73. The predicted octanol–water partition coefficient (Wildman–Crippen LogP) is -0.177. The van der Waals surface area contributed by atoms with Crippen molar-refractivity contribution in [3.05, 3.63) is 11.4 Å². The van der Waals surface area contributed by atoms with Gasteiger partial charge in [-0.25, -0.2) is 4.63 Å². The van der Waals surface area contributed by atoms with Crippen LogP contribution in [0.4, 0.5) is 0 Å². The number of nitrogens with zero attached hydrogens (tertiary/aromatic N) is 4. The summed E-state index contributed by atoms with van der Waals surface area (Å²) in [6.45, 7) is 2.27. The van der Waals surface area contributed by atoms with Crippen LogP contribution in [-0.4, -0.2) is 71.1 Å². The smallest absolute Gasteiger partial charge is 0.275 e. The van der Waals surface area contributed by atoms with Crippen molar-refractivity contribution in [3.8, 4) is 0 Å². The molecule has 0 spiro atoms. The number of hydrogen-bond acceptors (Lipinski definition) is 6. The number of likely N-dealkylation sites (N-methyl/N-ethyl adjacent to an activating group) is 1. The largest absolute Gasteiger partial charge is 0.345 e. The molecule has 2 aliphatic rings. The van der Waals surface area contributed by atoms with Crippen molar-refractivity contribution >= 4 is 17.7 Å². The minimum Gasteiger partial charge on any atom is -0.345 e. The molecule has 3 rings (SSSR count). The van der Waals surface area contributed by atoms with Crippen LogP contribution >= 0.6 is 0 Å². The fourth-order valence-electron chi connectivity index (χ4n) is 3.81. The molecule has 2 heterocycles. The van der Waals surface area contributed by atoms with Gasteiger partial charge in [-0.1, -0.05) is 5.16 Å². The Morgan fingerprint density at radius 2 is 2.04 bits per heavy atom. The minimum atomic E-state index is -0.479. The fraction of sp³-hybridized carbons (Fsp3) is 0.688. The minimum absolute atomic E-state index is 0.0869. The van der Waals surface area contributed by atoms with E-state index in [0.717, 1.165) is 19.4 Å². The molecular weight excluding hydrogens is 326 g/mol. The number of hydrogen-bond donors (Lipinski definition) is 1. The molecule has 1 saturated carbocycles. The Balaban J connectivity index is 1.52. The first-order valence-corrected chi connectivity index (χ1v) is 8.43. The number of nitrogens with one attached hydrogen (secondary N) is 1. The Hall–Kier alpha value is -2.45. The van der Waals surface area contributed by atoms with Crippen LogP contribution in [0.1, 0.15) is 35.4 Å². The van der Waals surface area contributed by atoms with Crippen LogP contribution in [-0.2, 0) is 9.59 Å². The van der Waals surface area contributed by atoms with E-state index in [2.05, 4.69) is 20.3 Å². The third-order valence-electron chi connectivity index (χ3n) is 5.40. The van der Waals surface area contributed by atoms with Gasteiger partial charge in [-0.15, -0.1) is 0 Å². The lowest BCUT2D eigenvalue weighted by molar-refractivity contribution is -0.135. The quantitative estimate of drug-likeness (QED) is 0.808. The molecule has 0 aromatic carbocycles. The van der Waals surface area contributed by atoms with Gasteiger partial charge in [0.05, 0.1) is 6.54 Å². The van der Waals surface area contributed by atoms with Crippen molar-refractivity contribution in [2.45, 2.75) is 32.2 Å². The van der Waals surface area contributed by atoms with E-state index in [4.69, 9.17) is 0 Å². The van der Waals surface area contributed by atoms with Gasteiger partial charge in [0.15, 0.2) is 5.69 Å². The molecule has 9 heteroatoms. The second-order valence-electron chi connectivity index (χ2n) is 7.01. The molecule has 3 atom stereocenters. The first-order valence-electron chi connectivity index (χ1n) is 8.43. The van der Waals surface area contributed by atoms with Crippen LogP contribution in [0.15, 0.2) is 4.63 Å². The normalized spacial score (nSPS) is 25.6. The second kappa shape index (κ2) is 6.81. The van der Waals surface area contributed by atoms with Gasteiger partial charge in [0.1, 0.15) is 5.69 Å². The molecule has 1 saturated heterocycles. The summed E-state index contributed by atoms with van der Waals surface area (Å²) < 4.78 is 4.49. The molecule has 9 nitrogen and oxygen atoms in total. The predicted molar refractivity (Wildman–Crippen MR) is 86.4 cm³/mol. The summed E-state index contributed by atoms with van der Waals surface area (Å²) in [5, 5.41) is 9.61. The van der Waals surface area contributed by atoms with Crippen molar-refractivity contribution in [2.24, 2.45) is 11.8 Å². The maximum Gasteiger partial charge on any atom is 0.275 e. The van der Waals surface area contributed by atoms with Gasteiger partial charge in [-0.05, 0) is 36.8 Å². The number of carbonyl (C=O) groups is 3. The summed E-state index contributed by atoms with van der Waals surface area (Å²) in [6.07, 6.45) is 2.30. The number of aryl methyl sites for hydroxylation is 1. The highest BCUT2D eigenvalue weighted by Crippen LogP contribution is 2.39. The number of piperidine rings is 1. The lowest BCUT2D eigenvalue weighted by Crippen LogP contribution is -2.42. The fourth-order valence-corrected chi connectivity index (χ4v) is 3.81. The molecule has 1 N–H and O–H groups in total. The maximum atomic E-state index is 12.4. The zero-order valence-corrected chi connectivity index (χ0v) is 14.7. The molecule has 136 valence electrons. The molecule has 1 aromatic rings. The second-order valence-corrected chi connectivity index (χ2v) is 7.01. The van der Waals surface area contributed by atoms with Crippen LogP contribution in [0.25, 0.3) is 0 Å². The van der Waals surface area contributed by atoms with Gasteiger partial charge in [0, 0.05) is 33.1 Å². The van der Waals surface area contributed by atoms with E-state index in [-0.39, 0.29) is 30.1 Å². The SMILES string of the molecule is Cc1nonc1C(=O)NCC(=O)N(C)[C@@H]1C[C@@H]2CC(=O)N(C)C[C@@H]2C1. The van der Waals surface area contributed by atoms with Crippen LogP contribution in [0, 0.1) is 18.8 Å². The Morgan fingerprint density at radius 1 is 1.32 bits per heavy atom. The Morgan fingerprint density at radius 3 is 2.72 bits per heavy atom. The summed E-state index contributed by atoms with van der Waals surface area (Å²) in [5.74, 6) is 0.335. The summed E-state index contributed by atoms with van der Waals surface area (Å²) >= 11 is 0. The number of carbonyl (C=O) groups excluding carboxylic acids is 3. The molecular formula is C16H23N5O4. The molecule has 0 unspecified atom stereocenters. The van der Waals surface area contributed by atoms with E-state index in [1.165, 1.54) is 0 Å². The molecule has 0 radical (unpaired) electrons. The van der Waals surface area contributed by atoms with E-state index >= 15 is 0 Å². The van der Waals surface area contributed by atoms with Crippen LogP contribution in [0.3, 0.4) is 0 Å². The average molecular weight is 349 g/mol. The first-order chi connectivity index (χ1) is 11.9. The molecule has 3 amide bonds. The van der Waals surface area contributed by atoms with Gasteiger partial charge < -0.3 is 15.1 Å². The summed E-state index contributed by atoms with van der Waals surface area (Å²) in [4.78, 5) is 39.7. The average Bonchev–Trinajstić information content (AvgIpc) is 3.18. The molecule has 25 heavy (non-hydrogen) atoms. The Bertz CT molecular complexity index is 688. The zero-order chi connectivity index (χ0) is 18.1. The molecule has 1 aromatic heterocycles. The molecule has 0 bridgehead atoms. The summed E-state index contributed by atoms with van der Waals surface area (Å²) in [5.41, 5.74) is 0.468. The highest BCUT2D eigenvalue weighted by atomic mass is 16.6. The number of likely N-dealkylation sites (tertiary alicyclic amines) is 1. The van der Waals surface area contributed by atoms with E-state index in [0.29, 0.717) is 24.0 Å². The lowest BCUT2D eigenvalue weighted by atomic mass is 9.88. The van der Waals surface area contributed by atoms with Gasteiger partial charge in [0.2, 0.25) is 11.8 Å². The lowest BCUT2D eigenvalue weighted by Gasteiger charge is -2.31. The van der Waals surface area contributed by atoms with Crippen molar-refractivity contribution in [1.82, 2.24) is 25.4 Å². The summed E-state index contributed by atoms with van der Waals surface area (Å²) in [6, 6.07) is 0.106. The monoisotopic (exact) mass is 349 g/mol. The van der Waals surface area contributed by atoms with Crippen molar-refractivity contribution in [2.75, 3.05) is 27.2 Å². The van der Waals surface area contributed by atoms with E-state index < -0.39 is 5.91 Å². The van der Waals surface area contributed by atoms with E-state index in [1.54, 1.807) is 23.8 Å². The third-order valence-corrected chi connectivity index (χ3v) is 5.40. The maximum absolute atomic E-state index is 12.4. The van der Waals surface area contributed by atoms with Gasteiger partial charge in [0.25, 0.3) is 5.91 Å². The zero-order valence-electron chi connectivity index (χ0n) is 14.7.